The second kappa shape index (κ2) is 7.43. The average Bonchev–Trinajstić information content (AvgIpc) is 3.15. The van der Waals surface area contributed by atoms with Gasteiger partial charge in [0.1, 0.15) is 6.54 Å². The third kappa shape index (κ3) is 3.52. The number of para-hydroxylation sites is 1. The van der Waals surface area contributed by atoms with Gasteiger partial charge in [-0.15, -0.1) is 0 Å². The molecule has 1 N–H and O–H groups in total. The van der Waals surface area contributed by atoms with E-state index in [9.17, 15) is 9.59 Å². The van der Waals surface area contributed by atoms with Crippen molar-refractivity contribution in [2.75, 3.05) is 0 Å². The molecule has 3 aromatic heterocycles. The van der Waals surface area contributed by atoms with Crippen LogP contribution in [-0.4, -0.2) is 30.2 Å². The summed E-state index contributed by atoms with van der Waals surface area (Å²) in [6.07, 6.45) is 6.70. The van der Waals surface area contributed by atoms with Crippen LogP contribution < -0.4 is 10.9 Å². The summed E-state index contributed by atoms with van der Waals surface area (Å²) in [4.78, 5) is 33.5. The highest BCUT2D eigenvalue weighted by Crippen LogP contribution is 2.20. The van der Waals surface area contributed by atoms with Gasteiger partial charge in [0.25, 0.3) is 5.56 Å². The van der Waals surface area contributed by atoms with Crippen molar-refractivity contribution in [1.29, 1.82) is 0 Å². The van der Waals surface area contributed by atoms with E-state index in [0.29, 0.717) is 17.4 Å². The van der Waals surface area contributed by atoms with Crippen molar-refractivity contribution in [1.82, 2.24) is 29.6 Å². The highest BCUT2D eigenvalue weighted by Gasteiger charge is 2.11. The summed E-state index contributed by atoms with van der Waals surface area (Å²) < 4.78 is 3.01. The number of amides is 1. The molecule has 0 bridgehead atoms. The number of aromatic nitrogens is 5. The van der Waals surface area contributed by atoms with E-state index < -0.39 is 0 Å². The van der Waals surface area contributed by atoms with Crippen molar-refractivity contribution in [3.63, 3.8) is 0 Å². The minimum absolute atomic E-state index is 0.0981. The Morgan fingerprint density at radius 3 is 2.82 bits per heavy atom. The maximum Gasteiger partial charge on any atom is 0.261 e. The lowest BCUT2D eigenvalue weighted by Crippen LogP contribution is -2.32. The minimum Gasteiger partial charge on any atom is -0.350 e. The molecule has 0 aliphatic rings. The van der Waals surface area contributed by atoms with Crippen LogP contribution in [0, 0.1) is 0 Å². The summed E-state index contributed by atoms with van der Waals surface area (Å²) >= 11 is 0. The van der Waals surface area contributed by atoms with Gasteiger partial charge in [-0.25, -0.2) is 4.98 Å². The third-order valence-electron chi connectivity index (χ3n) is 4.39. The zero-order chi connectivity index (χ0) is 19.5. The molecule has 0 aliphatic carbocycles. The maximum atomic E-state index is 12.5. The van der Waals surface area contributed by atoms with Crippen LogP contribution in [0.1, 0.15) is 5.56 Å². The number of hydrogen-bond donors (Lipinski definition) is 1. The van der Waals surface area contributed by atoms with Crippen molar-refractivity contribution in [3.8, 4) is 11.3 Å². The van der Waals surface area contributed by atoms with Crippen molar-refractivity contribution in [2.24, 2.45) is 7.05 Å². The van der Waals surface area contributed by atoms with E-state index >= 15 is 0 Å². The monoisotopic (exact) mass is 374 g/mol. The molecule has 0 spiro atoms. The smallest absolute Gasteiger partial charge is 0.261 e. The number of nitrogens with one attached hydrogen (secondary N) is 1. The first-order valence-electron chi connectivity index (χ1n) is 8.75. The molecule has 0 atom stereocenters. The van der Waals surface area contributed by atoms with Crippen molar-refractivity contribution in [2.45, 2.75) is 13.1 Å². The number of carbonyl (C=O) groups excluding carboxylic acids is 1. The third-order valence-corrected chi connectivity index (χ3v) is 4.39. The molecular weight excluding hydrogens is 356 g/mol. The lowest BCUT2D eigenvalue weighted by Gasteiger charge is -2.10. The molecule has 0 saturated carbocycles. The SMILES string of the molecule is Cn1cc(-c2ncccc2CNC(=O)Cn2cnc3ccccc3c2=O)cn1. The normalized spacial score (nSPS) is 10.9. The predicted molar refractivity (Wildman–Crippen MR) is 104 cm³/mol. The Balaban J connectivity index is 1.49. The van der Waals surface area contributed by atoms with E-state index in [0.717, 1.165) is 16.8 Å². The number of pyridine rings is 1. The number of aryl methyl sites for hydroxylation is 1. The minimum atomic E-state index is -0.278. The van der Waals surface area contributed by atoms with Gasteiger partial charge in [-0.05, 0) is 23.8 Å². The molecule has 28 heavy (non-hydrogen) atoms. The second-order valence-corrected chi connectivity index (χ2v) is 6.39. The molecule has 1 aromatic carbocycles. The van der Waals surface area contributed by atoms with E-state index in [1.165, 1.54) is 10.9 Å². The summed E-state index contributed by atoms with van der Waals surface area (Å²) in [5, 5.41) is 7.50. The first-order valence-corrected chi connectivity index (χ1v) is 8.75. The fourth-order valence-electron chi connectivity index (χ4n) is 3.01. The molecule has 0 saturated heterocycles. The Kier molecular flexibility index (Phi) is 4.67. The largest absolute Gasteiger partial charge is 0.350 e. The van der Waals surface area contributed by atoms with Crippen LogP contribution in [0.25, 0.3) is 22.2 Å². The fourth-order valence-corrected chi connectivity index (χ4v) is 3.01. The molecule has 3 heterocycles. The second-order valence-electron chi connectivity index (χ2n) is 6.39. The molecule has 8 nitrogen and oxygen atoms in total. The predicted octanol–water partition coefficient (Wildman–Crippen LogP) is 1.51. The van der Waals surface area contributed by atoms with Gasteiger partial charge in [-0.1, -0.05) is 18.2 Å². The molecule has 0 radical (unpaired) electrons. The van der Waals surface area contributed by atoms with E-state index in [1.807, 2.05) is 31.4 Å². The molecule has 140 valence electrons. The van der Waals surface area contributed by atoms with E-state index in [-0.39, 0.29) is 18.0 Å². The van der Waals surface area contributed by atoms with Crippen LogP contribution in [0.4, 0.5) is 0 Å². The summed E-state index contributed by atoms with van der Waals surface area (Å²) in [6.45, 7) is 0.200. The van der Waals surface area contributed by atoms with Crippen LogP contribution in [0.3, 0.4) is 0 Å². The first kappa shape index (κ1) is 17.6. The van der Waals surface area contributed by atoms with Gasteiger partial charge in [-0.3, -0.25) is 23.8 Å². The van der Waals surface area contributed by atoms with Crippen LogP contribution in [-0.2, 0) is 24.9 Å². The van der Waals surface area contributed by atoms with Gasteiger partial charge in [0.2, 0.25) is 5.91 Å². The Morgan fingerprint density at radius 1 is 1.14 bits per heavy atom. The number of fused-ring (bicyclic) bond motifs is 1. The number of benzene rings is 1. The van der Waals surface area contributed by atoms with Gasteiger partial charge < -0.3 is 5.32 Å². The average molecular weight is 374 g/mol. The Morgan fingerprint density at radius 2 is 2.00 bits per heavy atom. The molecule has 4 aromatic rings. The summed E-state index contributed by atoms with van der Waals surface area (Å²) in [7, 11) is 1.84. The Labute approximate surface area is 160 Å². The van der Waals surface area contributed by atoms with E-state index in [2.05, 4.69) is 20.4 Å². The Bertz CT molecular complexity index is 1210. The van der Waals surface area contributed by atoms with Crippen molar-refractivity contribution < 1.29 is 4.79 Å². The van der Waals surface area contributed by atoms with Gasteiger partial charge in [0.15, 0.2) is 0 Å². The highest BCUT2D eigenvalue weighted by atomic mass is 16.2. The van der Waals surface area contributed by atoms with Gasteiger partial charge in [0, 0.05) is 31.5 Å². The maximum absolute atomic E-state index is 12.5. The van der Waals surface area contributed by atoms with Crippen molar-refractivity contribution in [3.05, 3.63) is 77.2 Å². The standard InChI is InChI=1S/C20H18N6O2/c1-25-11-15(10-24-25)19-14(5-4-8-21-19)9-22-18(27)12-26-13-23-17-7-3-2-6-16(17)20(26)28/h2-8,10-11,13H,9,12H2,1H3,(H,22,27). The molecule has 4 rings (SSSR count). The number of carbonyl (C=O) groups is 1. The highest BCUT2D eigenvalue weighted by molar-refractivity contribution is 5.79. The van der Waals surface area contributed by atoms with Crippen LogP contribution >= 0.6 is 0 Å². The lowest BCUT2D eigenvalue weighted by atomic mass is 10.1. The van der Waals surface area contributed by atoms with Crippen LogP contribution in [0.15, 0.2) is 66.1 Å². The molecule has 8 heteroatoms. The first-order chi connectivity index (χ1) is 13.6. The molecule has 0 aliphatic heterocycles. The summed E-state index contributed by atoms with van der Waals surface area (Å²) in [5.41, 5.74) is 2.88. The number of rotatable bonds is 5. The lowest BCUT2D eigenvalue weighted by molar-refractivity contribution is -0.121. The van der Waals surface area contributed by atoms with Gasteiger partial charge >= 0.3 is 0 Å². The summed E-state index contributed by atoms with van der Waals surface area (Å²) in [6, 6.07) is 10.8. The topological polar surface area (TPSA) is 94.7 Å². The fraction of sp³-hybridized carbons (Fsp3) is 0.150. The zero-order valence-corrected chi connectivity index (χ0v) is 15.2. The van der Waals surface area contributed by atoms with Gasteiger partial charge in [-0.2, -0.15) is 5.10 Å². The van der Waals surface area contributed by atoms with Crippen LogP contribution in [0.5, 0.6) is 0 Å². The molecule has 0 fully saturated rings. The zero-order valence-electron chi connectivity index (χ0n) is 15.2. The van der Waals surface area contributed by atoms with Gasteiger partial charge in [0.05, 0.1) is 29.1 Å². The van der Waals surface area contributed by atoms with E-state index in [4.69, 9.17) is 0 Å². The van der Waals surface area contributed by atoms with E-state index in [1.54, 1.807) is 35.3 Å². The Hall–Kier alpha value is -3.81. The van der Waals surface area contributed by atoms with Crippen molar-refractivity contribution >= 4 is 16.8 Å². The van der Waals surface area contributed by atoms with Crippen LogP contribution in [0.2, 0.25) is 0 Å². The quantitative estimate of drug-likeness (QED) is 0.571. The summed E-state index contributed by atoms with van der Waals surface area (Å²) in [5.74, 6) is -0.278. The molecule has 0 unspecified atom stereocenters. The number of nitrogens with zero attached hydrogens (tertiary/aromatic N) is 5. The number of hydrogen-bond acceptors (Lipinski definition) is 5. The molecular formula is C20H18N6O2. The molecule has 1 amide bonds.